The molecule has 0 saturated heterocycles. The van der Waals surface area contributed by atoms with Gasteiger partial charge in [0.1, 0.15) is 0 Å². The first-order valence-electron chi connectivity index (χ1n) is 1.68. The predicted octanol–water partition coefficient (Wildman–Crippen LogP) is 0.267. The molecule has 1 unspecified atom stereocenters. The highest BCUT2D eigenvalue weighted by Crippen LogP contribution is 1.93. The SMILES string of the molecule is CNC(=O)C(F)Cl. The van der Waals surface area contributed by atoms with Gasteiger partial charge in [0.25, 0.3) is 11.5 Å². The summed E-state index contributed by atoms with van der Waals surface area (Å²) < 4.78 is 11.4. The lowest BCUT2D eigenvalue weighted by molar-refractivity contribution is -0.122. The molecule has 1 atom stereocenters. The third-order valence-corrected chi connectivity index (χ3v) is 0.643. The molecule has 0 aliphatic carbocycles. The molecule has 0 bridgehead atoms. The molecule has 0 spiro atoms. The topological polar surface area (TPSA) is 29.1 Å². The molecule has 0 saturated carbocycles. The molecule has 42 valence electrons. The van der Waals surface area contributed by atoms with Gasteiger partial charge in [-0.25, -0.2) is 4.39 Å². The highest BCUT2D eigenvalue weighted by atomic mass is 35.5. The van der Waals surface area contributed by atoms with Gasteiger partial charge in [0.2, 0.25) is 0 Å². The van der Waals surface area contributed by atoms with Gasteiger partial charge in [-0.3, -0.25) is 4.79 Å². The van der Waals surface area contributed by atoms with Crippen molar-refractivity contribution in [2.45, 2.75) is 5.63 Å². The van der Waals surface area contributed by atoms with Crippen LogP contribution in [-0.4, -0.2) is 18.6 Å². The smallest absolute Gasteiger partial charge is 0.269 e. The number of hydrogen-bond acceptors (Lipinski definition) is 1. The molecular weight excluding hydrogens is 120 g/mol. The summed E-state index contributed by atoms with van der Waals surface area (Å²) in [4.78, 5) is 9.89. The standard InChI is InChI=1S/C3H5ClFNO/c1-6-3(7)2(4)5/h2H,1H3,(H,6,7). The number of rotatable bonds is 1. The van der Waals surface area contributed by atoms with Crippen molar-refractivity contribution in [2.75, 3.05) is 7.05 Å². The molecule has 4 heteroatoms. The van der Waals surface area contributed by atoms with E-state index < -0.39 is 11.5 Å². The molecule has 0 fully saturated rings. The molecule has 7 heavy (non-hydrogen) atoms. The zero-order valence-electron chi connectivity index (χ0n) is 3.74. The summed E-state index contributed by atoms with van der Waals surface area (Å²) in [5, 5.41) is 2.02. The minimum Gasteiger partial charge on any atom is -0.356 e. The third-order valence-electron chi connectivity index (χ3n) is 0.445. The largest absolute Gasteiger partial charge is 0.356 e. The Morgan fingerprint density at radius 1 is 2.00 bits per heavy atom. The van der Waals surface area contributed by atoms with Gasteiger partial charge in [0.05, 0.1) is 0 Å². The van der Waals surface area contributed by atoms with Crippen LogP contribution >= 0.6 is 11.6 Å². The number of halogens is 2. The lowest BCUT2D eigenvalue weighted by Crippen LogP contribution is -2.24. The second-order valence-corrected chi connectivity index (χ2v) is 1.30. The lowest BCUT2D eigenvalue weighted by atomic mass is 10.7. The van der Waals surface area contributed by atoms with Crippen molar-refractivity contribution in [2.24, 2.45) is 0 Å². The Morgan fingerprint density at radius 3 is 2.43 bits per heavy atom. The molecule has 0 aliphatic rings. The van der Waals surface area contributed by atoms with Crippen molar-refractivity contribution < 1.29 is 9.18 Å². The van der Waals surface area contributed by atoms with Gasteiger partial charge in [-0.15, -0.1) is 0 Å². The van der Waals surface area contributed by atoms with E-state index in [9.17, 15) is 9.18 Å². The number of amides is 1. The van der Waals surface area contributed by atoms with Gasteiger partial charge in [-0.05, 0) is 0 Å². The Balaban J connectivity index is 3.35. The fourth-order valence-electron chi connectivity index (χ4n) is 0.109. The van der Waals surface area contributed by atoms with E-state index in [0.717, 1.165) is 0 Å². The highest BCUT2D eigenvalue weighted by Gasteiger charge is 2.08. The van der Waals surface area contributed by atoms with E-state index >= 15 is 0 Å². The van der Waals surface area contributed by atoms with Crippen molar-refractivity contribution in [1.29, 1.82) is 0 Å². The second kappa shape index (κ2) is 2.80. The average Bonchev–Trinajstić information content (AvgIpc) is 1.65. The van der Waals surface area contributed by atoms with Crippen LogP contribution in [0, 0.1) is 0 Å². The van der Waals surface area contributed by atoms with Crippen molar-refractivity contribution >= 4 is 17.5 Å². The van der Waals surface area contributed by atoms with E-state index in [1.165, 1.54) is 7.05 Å². The maximum atomic E-state index is 11.4. The molecule has 0 rings (SSSR count). The van der Waals surface area contributed by atoms with Crippen molar-refractivity contribution in [3.05, 3.63) is 0 Å². The second-order valence-electron chi connectivity index (χ2n) is 0.915. The van der Waals surface area contributed by atoms with Crippen LogP contribution in [0.3, 0.4) is 0 Å². The van der Waals surface area contributed by atoms with Crippen molar-refractivity contribution in [3.8, 4) is 0 Å². The Kier molecular flexibility index (Phi) is 2.67. The number of hydrogen-bond donors (Lipinski definition) is 1. The zero-order chi connectivity index (χ0) is 5.86. The highest BCUT2D eigenvalue weighted by molar-refractivity contribution is 6.29. The first-order chi connectivity index (χ1) is 3.18. The lowest BCUT2D eigenvalue weighted by Gasteiger charge is -1.93. The fraction of sp³-hybridized carbons (Fsp3) is 0.667. The molecular formula is C3H5ClFNO. The van der Waals surface area contributed by atoms with Crippen LogP contribution in [-0.2, 0) is 4.79 Å². The van der Waals surface area contributed by atoms with E-state index in [2.05, 4.69) is 11.6 Å². The zero-order valence-corrected chi connectivity index (χ0v) is 4.50. The van der Waals surface area contributed by atoms with E-state index in [4.69, 9.17) is 0 Å². The normalized spacial score (nSPS) is 13.0. The van der Waals surface area contributed by atoms with Crippen LogP contribution in [0.5, 0.6) is 0 Å². The van der Waals surface area contributed by atoms with Crippen molar-refractivity contribution in [1.82, 2.24) is 5.32 Å². The van der Waals surface area contributed by atoms with E-state index in [0.29, 0.717) is 0 Å². The van der Waals surface area contributed by atoms with Crippen LogP contribution < -0.4 is 5.32 Å². The van der Waals surface area contributed by atoms with Gasteiger partial charge < -0.3 is 5.32 Å². The fourth-order valence-corrected chi connectivity index (χ4v) is 0.218. The summed E-state index contributed by atoms with van der Waals surface area (Å²) in [5.74, 6) is -0.804. The number of nitrogens with one attached hydrogen (secondary N) is 1. The van der Waals surface area contributed by atoms with Crippen molar-refractivity contribution in [3.63, 3.8) is 0 Å². The Hall–Kier alpha value is -0.310. The van der Waals surface area contributed by atoms with E-state index in [1.54, 1.807) is 0 Å². The Bertz CT molecular complexity index is 75.3. The molecule has 0 aromatic rings. The molecule has 0 radical (unpaired) electrons. The third kappa shape index (κ3) is 2.39. The first kappa shape index (κ1) is 6.69. The molecule has 1 N–H and O–H groups in total. The van der Waals surface area contributed by atoms with Gasteiger partial charge in [-0.2, -0.15) is 0 Å². The maximum absolute atomic E-state index is 11.4. The van der Waals surface area contributed by atoms with Crippen LogP contribution in [0.1, 0.15) is 0 Å². The minimum atomic E-state index is -1.91. The summed E-state index contributed by atoms with van der Waals surface area (Å²) in [7, 11) is 1.32. The average molecular weight is 126 g/mol. The number of alkyl halides is 2. The van der Waals surface area contributed by atoms with Crippen LogP contribution in [0.2, 0.25) is 0 Å². The van der Waals surface area contributed by atoms with Gasteiger partial charge in [0.15, 0.2) is 0 Å². The maximum Gasteiger partial charge on any atom is 0.269 e. The summed E-state index contributed by atoms with van der Waals surface area (Å²) in [6.45, 7) is 0. The van der Waals surface area contributed by atoms with E-state index in [1.807, 2.05) is 5.32 Å². The van der Waals surface area contributed by atoms with Crippen LogP contribution in [0.4, 0.5) is 4.39 Å². The van der Waals surface area contributed by atoms with Gasteiger partial charge >= 0.3 is 0 Å². The Labute approximate surface area is 45.6 Å². The summed E-state index contributed by atoms with van der Waals surface area (Å²) in [6.07, 6.45) is 0. The van der Waals surface area contributed by atoms with Gasteiger partial charge in [0, 0.05) is 7.05 Å². The summed E-state index contributed by atoms with van der Waals surface area (Å²) >= 11 is 4.65. The molecule has 0 aromatic carbocycles. The molecule has 0 aliphatic heterocycles. The molecule has 2 nitrogen and oxygen atoms in total. The molecule has 1 amide bonds. The summed E-state index contributed by atoms with van der Waals surface area (Å²) in [5.41, 5.74) is -1.91. The Morgan fingerprint density at radius 2 is 2.43 bits per heavy atom. The number of carbonyl (C=O) groups excluding carboxylic acids is 1. The quantitative estimate of drug-likeness (QED) is 0.501. The van der Waals surface area contributed by atoms with Gasteiger partial charge in [-0.1, -0.05) is 11.6 Å². The van der Waals surface area contributed by atoms with Crippen LogP contribution in [0.25, 0.3) is 0 Å². The van der Waals surface area contributed by atoms with E-state index in [-0.39, 0.29) is 0 Å². The summed E-state index contributed by atoms with van der Waals surface area (Å²) in [6, 6.07) is 0. The predicted molar refractivity (Wildman–Crippen MR) is 24.8 cm³/mol. The monoisotopic (exact) mass is 125 g/mol. The number of carbonyl (C=O) groups is 1. The van der Waals surface area contributed by atoms with Crippen LogP contribution in [0.15, 0.2) is 0 Å². The minimum absolute atomic E-state index is 0.804. The first-order valence-corrected chi connectivity index (χ1v) is 2.12. The molecule has 0 heterocycles. The molecule has 0 aromatic heterocycles.